The summed E-state index contributed by atoms with van der Waals surface area (Å²) in [5.74, 6) is 3.72. The Balaban J connectivity index is 1.50. The molecule has 2 aromatic heterocycles. The van der Waals surface area contributed by atoms with Gasteiger partial charge in [0, 0.05) is 45.0 Å². The SMILES string of the molecule is CCNC(=NCc1nnc2n1CCCCC2)N1CCC(C)C(n2ccnc2)C1. The van der Waals surface area contributed by atoms with E-state index in [1.54, 1.807) is 0 Å². The molecular weight excluding hydrogens is 352 g/mol. The number of aryl methyl sites for hydroxylation is 1. The molecular formula is C20H32N8. The molecule has 2 aliphatic heterocycles. The fourth-order valence-corrected chi connectivity index (χ4v) is 4.33. The Morgan fingerprint density at radius 3 is 3.00 bits per heavy atom. The average Bonchev–Trinajstić information content (AvgIpc) is 3.31. The number of imidazole rings is 1. The molecule has 8 nitrogen and oxygen atoms in total. The van der Waals surface area contributed by atoms with Crippen LogP contribution in [0.2, 0.25) is 0 Å². The van der Waals surface area contributed by atoms with Gasteiger partial charge in [0.25, 0.3) is 0 Å². The Morgan fingerprint density at radius 2 is 2.18 bits per heavy atom. The minimum atomic E-state index is 0.421. The van der Waals surface area contributed by atoms with Gasteiger partial charge in [0.2, 0.25) is 0 Å². The third-order valence-corrected chi connectivity index (χ3v) is 6.02. The minimum absolute atomic E-state index is 0.421. The molecule has 0 spiro atoms. The predicted molar refractivity (Wildman–Crippen MR) is 109 cm³/mol. The molecule has 0 bridgehead atoms. The smallest absolute Gasteiger partial charge is 0.194 e. The first-order valence-electron chi connectivity index (χ1n) is 10.7. The van der Waals surface area contributed by atoms with Crippen LogP contribution in [0.15, 0.2) is 23.7 Å². The Kier molecular flexibility index (Phi) is 5.92. The third kappa shape index (κ3) is 4.05. The van der Waals surface area contributed by atoms with Gasteiger partial charge in [-0.25, -0.2) is 9.98 Å². The van der Waals surface area contributed by atoms with Gasteiger partial charge in [-0.3, -0.25) is 0 Å². The van der Waals surface area contributed by atoms with Crippen LogP contribution in [0.1, 0.15) is 57.2 Å². The molecule has 28 heavy (non-hydrogen) atoms. The molecule has 0 amide bonds. The Bertz CT molecular complexity index is 778. The first kappa shape index (κ1) is 19.0. The number of aromatic nitrogens is 5. The lowest BCUT2D eigenvalue weighted by atomic mass is 9.93. The summed E-state index contributed by atoms with van der Waals surface area (Å²) in [5.41, 5.74) is 0. The first-order valence-corrected chi connectivity index (χ1v) is 10.7. The van der Waals surface area contributed by atoms with Crippen molar-refractivity contribution >= 4 is 5.96 Å². The fourth-order valence-electron chi connectivity index (χ4n) is 4.33. The maximum absolute atomic E-state index is 4.94. The van der Waals surface area contributed by atoms with Gasteiger partial charge in [-0.2, -0.15) is 0 Å². The van der Waals surface area contributed by atoms with E-state index in [1.807, 2.05) is 12.5 Å². The van der Waals surface area contributed by atoms with E-state index < -0.39 is 0 Å². The number of rotatable bonds is 4. The lowest BCUT2D eigenvalue weighted by molar-refractivity contribution is 0.189. The first-order chi connectivity index (χ1) is 13.8. The molecule has 2 aromatic rings. The summed E-state index contributed by atoms with van der Waals surface area (Å²) in [4.78, 5) is 11.6. The third-order valence-electron chi connectivity index (χ3n) is 6.02. The molecule has 0 aliphatic carbocycles. The summed E-state index contributed by atoms with van der Waals surface area (Å²) in [7, 11) is 0. The highest BCUT2D eigenvalue weighted by Crippen LogP contribution is 2.27. The largest absolute Gasteiger partial charge is 0.357 e. The standard InChI is InChI=1S/C20H32N8/c1-3-22-20(23-13-19-25-24-18-7-5-4-6-10-28(18)19)26-11-8-16(2)17(14-26)27-12-9-21-15-27/h9,12,15-17H,3-8,10-11,13-14H2,1-2H3,(H,22,23). The average molecular weight is 385 g/mol. The lowest BCUT2D eigenvalue weighted by Crippen LogP contribution is -2.49. The highest BCUT2D eigenvalue weighted by Gasteiger charge is 2.29. The van der Waals surface area contributed by atoms with Crippen molar-refractivity contribution in [1.82, 2.24) is 34.5 Å². The van der Waals surface area contributed by atoms with Gasteiger partial charge in [-0.15, -0.1) is 10.2 Å². The second kappa shape index (κ2) is 8.75. The van der Waals surface area contributed by atoms with Crippen molar-refractivity contribution in [3.05, 3.63) is 30.4 Å². The molecule has 0 radical (unpaired) electrons. The predicted octanol–water partition coefficient (Wildman–Crippen LogP) is 2.25. The van der Waals surface area contributed by atoms with Crippen molar-refractivity contribution in [2.45, 2.75) is 65.1 Å². The zero-order valence-electron chi connectivity index (χ0n) is 17.1. The molecule has 4 heterocycles. The number of nitrogens with one attached hydrogen (secondary N) is 1. The Morgan fingerprint density at radius 1 is 1.25 bits per heavy atom. The highest BCUT2D eigenvalue weighted by atomic mass is 15.3. The topological polar surface area (TPSA) is 76.2 Å². The van der Waals surface area contributed by atoms with Crippen LogP contribution >= 0.6 is 0 Å². The molecule has 152 valence electrons. The van der Waals surface area contributed by atoms with Gasteiger partial charge in [0.1, 0.15) is 12.4 Å². The molecule has 8 heteroatoms. The van der Waals surface area contributed by atoms with Crippen LogP contribution in [0.25, 0.3) is 0 Å². The Hall–Kier alpha value is -2.38. The van der Waals surface area contributed by atoms with Crippen molar-refractivity contribution in [2.75, 3.05) is 19.6 Å². The number of guanidine groups is 1. The van der Waals surface area contributed by atoms with Crippen LogP contribution in [0.5, 0.6) is 0 Å². The van der Waals surface area contributed by atoms with Crippen LogP contribution in [0, 0.1) is 5.92 Å². The van der Waals surface area contributed by atoms with E-state index >= 15 is 0 Å². The Labute approximate surface area is 167 Å². The van der Waals surface area contributed by atoms with Crippen molar-refractivity contribution in [3.8, 4) is 0 Å². The normalized spacial score (nSPS) is 23.4. The zero-order valence-corrected chi connectivity index (χ0v) is 17.1. The second-order valence-corrected chi connectivity index (χ2v) is 7.95. The quantitative estimate of drug-likeness (QED) is 0.646. The van der Waals surface area contributed by atoms with Crippen LogP contribution in [0.3, 0.4) is 0 Å². The fraction of sp³-hybridized carbons (Fsp3) is 0.700. The summed E-state index contributed by atoms with van der Waals surface area (Å²) in [6, 6.07) is 0.421. The van der Waals surface area contributed by atoms with E-state index in [0.717, 1.165) is 56.6 Å². The number of fused-ring (bicyclic) bond motifs is 1. The van der Waals surface area contributed by atoms with Crippen molar-refractivity contribution in [1.29, 1.82) is 0 Å². The summed E-state index contributed by atoms with van der Waals surface area (Å²) >= 11 is 0. The van der Waals surface area contributed by atoms with E-state index in [9.17, 15) is 0 Å². The molecule has 0 aromatic carbocycles. The van der Waals surface area contributed by atoms with Crippen molar-refractivity contribution in [2.24, 2.45) is 10.9 Å². The molecule has 1 saturated heterocycles. The number of piperidine rings is 1. The molecule has 2 atom stereocenters. The molecule has 0 saturated carbocycles. The van der Waals surface area contributed by atoms with Crippen molar-refractivity contribution in [3.63, 3.8) is 0 Å². The van der Waals surface area contributed by atoms with E-state index in [-0.39, 0.29) is 0 Å². The summed E-state index contributed by atoms with van der Waals surface area (Å²) in [6.07, 6.45) is 11.7. The number of hydrogen-bond donors (Lipinski definition) is 1. The van der Waals surface area contributed by atoms with E-state index in [0.29, 0.717) is 18.5 Å². The van der Waals surface area contributed by atoms with Gasteiger partial charge in [0.15, 0.2) is 11.8 Å². The van der Waals surface area contributed by atoms with Crippen LogP contribution in [-0.4, -0.2) is 54.8 Å². The van der Waals surface area contributed by atoms with Crippen LogP contribution < -0.4 is 5.32 Å². The molecule has 2 aliphatic rings. The molecule has 1 N–H and O–H groups in total. The minimum Gasteiger partial charge on any atom is -0.357 e. The van der Waals surface area contributed by atoms with Gasteiger partial charge in [-0.1, -0.05) is 13.3 Å². The van der Waals surface area contributed by atoms with Gasteiger partial charge in [-0.05, 0) is 32.1 Å². The van der Waals surface area contributed by atoms with Gasteiger partial charge < -0.3 is 19.4 Å². The number of likely N-dealkylation sites (tertiary alicyclic amines) is 1. The second-order valence-electron chi connectivity index (χ2n) is 7.95. The summed E-state index contributed by atoms with van der Waals surface area (Å²) < 4.78 is 4.52. The highest BCUT2D eigenvalue weighted by molar-refractivity contribution is 5.80. The van der Waals surface area contributed by atoms with Crippen LogP contribution in [0.4, 0.5) is 0 Å². The maximum atomic E-state index is 4.94. The van der Waals surface area contributed by atoms with E-state index in [2.05, 4.69) is 54.6 Å². The summed E-state index contributed by atoms with van der Waals surface area (Å²) in [6.45, 7) is 8.89. The zero-order chi connectivity index (χ0) is 19.3. The molecule has 4 rings (SSSR count). The van der Waals surface area contributed by atoms with E-state index in [4.69, 9.17) is 4.99 Å². The molecule has 1 fully saturated rings. The number of aliphatic imine (C=N–C) groups is 1. The van der Waals surface area contributed by atoms with Crippen molar-refractivity contribution < 1.29 is 0 Å². The molecule has 2 unspecified atom stereocenters. The summed E-state index contributed by atoms with van der Waals surface area (Å²) in [5, 5.41) is 12.3. The number of nitrogens with zero attached hydrogens (tertiary/aromatic N) is 7. The maximum Gasteiger partial charge on any atom is 0.194 e. The van der Waals surface area contributed by atoms with Gasteiger partial charge >= 0.3 is 0 Å². The van der Waals surface area contributed by atoms with E-state index in [1.165, 1.54) is 19.3 Å². The monoisotopic (exact) mass is 384 g/mol. The lowest BCUT2D eigenvalue weighted by Gasteiger charge is -2.39. The van der Waals surface area contributed by atoms with Gasteiger partial charge in [0.05, 0.1) is 12.4 Å². The number of hydrogen-bond acceptors (Lipinski definition) is 4. The van der Waals surface area contributed by atoms with Crippen LogP contribution in [-0.2, 0) is 19.5 Å².